The Morgan fingerprint density at radius 2 is 1.91 bits per heavy atom. The molecule has 1 aromatic carbocycles. The number of benzene rings is 1. The van der Waals surface area contributed by atoms with Gasteiger partial charge in [0.25, 0.3) is 0 Å². The fourth-order valence-corrected chi connectivity index (χ4v) is 5.29. The van der Waals surface area contributed by atoms with Crippen molar-refractivity contribution in [2.24, 2.45) is 23.7 Å². The summed E-state index contributed by atoms with van der Waals surface area (Å²) in [5, 5.41) is 12.5. The van der Waals surface area contributed by atoms with Crippen molar-refractivity contribution in [1.82, 2.24) is 9.88 Å². The van der Waals surface area contributed by atoms with Gasteiger partial charge in [0.2, 0.25) is 17.7 Å². The molecule has 0 spiro atoms. The van der Waals surface area contributed by atoms with Crippen LogP contribution in [0.2, 0.25) is 0 Å². The molecule has 8 heteroatoms. The quantitative estimate of drug-likeness (QED) is 0.536. The van der Waals surface area contributed by atoms with E-state index in [2.05, 4.69) is 10.3 Å². The highest BCUT2D eigenvalue weighted by molar-refractivity contribution is 6.07. The van der Waals surface area contributed by atoms with Gasteiger partial charge in [-0.05, 0) is 48.1 Å². The first-order chi connectivity index (χ1) is 15.5. The third-order valence-corrected chi connectivity index (χ3v) is 6.72. The Hall–Kier alpha value is -3.68. The van der Waals surface area contributed by atoms with Gasteiger partial charge in [-0.15, -0.1) is 0 Å². The summed E-state index contributed by atoms with van der Waals surface area (Å²) in [7, 11) is 1.53. The van der Waals surface area contributed by atoms with Crippen LogP contribution >= 0.6 is 0 Å². The number of pyridine rings is 1. The van der Waals surface area contributed by atoms with Crippen LogP contribution < -0.4 is 10.1 Å². The van der Waals surface area contributed by atoms with E-state index in [1.54, 1.807) is 30.3 Å². The van der Waals surface area contributed by atoms with Crippen LogP contribution in [-0.2, 0) is 14.4 Å². The summed E-state index contributed by atoms with van der Waals surface area (Å²) in [4.78, 5) is 45.0. The largest absolute Gasteiger partial charge is 0.504 e. The van der Waals surface area contributed by atoms with Gasteiger partial charge in [0.15, 0.2) is 11.6 Å². The van der Waals surface area contributed by atoms with E-state index in [1.165, 1.54) is 24.3 Å². The monoisotopic (exact) mass is 433 g/mol. The van der Waals surface area contributed by atoms with Crippen LogP contribution in [0.15, 0.2) is 54.7 Å². The van der Waals surface area contributed by atoms with E-state index in [0.717, 1.165) is 6.42 Å². The number of hydrogen-bond donors (Lipinski definition) is 2. The molecular formula is C24H23N3O5. The lowest BCUT2D eigenvalue weighted by molar-refractivity contribution is -0.144. The second-order valence-corrected chi connectivity index (χ2v) is 8.46. The van der Waals surface area contributed by atoms with Crippen molar-refractivity contribution >= 4 is 23.5 Å². The number of allylic oxidation sites excluding steroid dienone is 2. The summed E-state index contributed by atoms with van der Waals surface area (Å²) < 4.78 is 5.31. The number of anilines is 1. The van der Waals surface area contributed by atoms with Crippen LogP contribution in [0.25, 0.3) is 0 Å². The van der Waals surface area contributed by atoms with Gasteiger partial charge in [-0.3, -0.25) is 19.3 Å². The minimum absolute atomic E-state index is 0.0279. The number of aromatic nitrogens is 1. The Labute approximate surface area is 184 Å². The Morgan fingerprint density at radius 1 is 1.19 bits per heavy atom. The predicted octanol–water partition coefficient (Wildman–Crippen LogP) is 2.67. The van der Waals surface area contributed by atoms with Crippen LogP contribution in [0.5, 0.6) is 11.5 Å². The molecular weight excluding hydrogens is 410 g/mol. The molecule has 3 aliphatic rings. The topological polar surface area (TPSA) is 109 Å². The SMILES string of the molecule is COc1cccc(C(CC(=O)Nc2ncccc2O)N2C(=O)C3C4C=CC(C4)C3C2=O)c1. The van der Waals surface area contributed by atoms with E-state index in [9.17, 15) is 19.5 Å². The van der Waals surface area contributed by atoms with Gasteiger partial charge < -0.3 is 15.2 Å². The number of likely N-dealkylation sites (tertiary alicyclic amines) is 1. The third kappa shape index (κ3) is 3.23. The van der Waals surface area contributed by atoms with Crippen LogP contribution in [0.1, 0.15) is 24.4 Å². The van der Waals surface area contributed by atoms with E-state index in [1.807, 2.05) is 12.2 Å². The zero-order valence-electron chi connectivity index (χ0n) is 17.5. The van der Waals surface area contributed by atoms with Gasteiger partial charge in [0.05, 0.1) is 31.4 Å². The van der Waals surface area contributed by atoms with E-state index >= 15 is 0 Å². The van der Waals surface area contributed by atoms with E-state index in [4.69, 9.17) is 4.74 Å². The number of amides is 3. The molecule has 0 radical (unpaired) electrons. The lowest BCUT2D eigenvalue weighted by Crippen LogP contribution is -2.38. The van der Waals surface area contributed by atoms with Crippen LogP contribution in [-0.4, -0.2) is 39.8 Å². The molecule has 1 aromatic heterocycles. The van der Waals surface area contributed by atoms with Crippen molar-refractivity contribution in [3.05, 3.63) is 60.3 Å². The highest BCUT2D eigenvalue weighted by Crippen LogP contribution is 2.54. The summed E-state index contributed by atoms with van der Waals surface area (Å²) in [6, 6.07) is 9.21. The molecule has 32 heavy (non-hydrogen) atoms. The predicted molar refractivity (Wildman–Crippen MR) is 114 cm³/mol. The first-order valence-electron chi connectivity index (χ1n) is 10.6. The molecule has 1 saturated heterocycles. The number of ether oxygens (including phenoxy) is 1. The maximum atomic E-state index is 13.4. The normalized spacial score (nSPS) is 26.3. The fourth-order valence-electron chi connectivity index (χ4n) is 5.29. The van der Waals surface area contributed by atoms with E-state index in [0.29, 0.717) is 11.3 Å². The number of hydrogen-bond acceptors (Lipinski definition) is 6. The molecule has 2 aromatic rings. The highest BCUT2D eigenvalue weighted by atomic mass is 16.5. The number of aromatic hydroxyl groups is 1. The summed E-state index contributed by atoms with van der Waals surface area (Å²) >= 11 is 0. The van der Waals surface area contributed by atoms with Gasteiger partial charge in [0.1, 0.15) is 5.75 Å². The van der Waals surface area contributed by atoms with Gasteiger partial charge in [-0.1, -0.05) is 24.3 Å². The molecule has 2 aliphatic carbocycles. The van der Waals surface area contributed by atoms with E-state index < -0.39 is 11.9 Å². The number of carbonyl (C=O) groups is 3. The molecule has 1 aliphatic heterocycles. The molecule has 5 rings (SSSR count). The van der Waals surface area contributed by atoms with Crippen LogP contribution in [0.4, 0.5) is 5.82 Å². The molecule has 164 valence electrons. The summed E-state index contributed by atoms with van der Waals surface area (Å²) in [5.41, 5.74) is 0.631. The highest BCUT2D eigenvalue weighted by Gasteiger charge is 2.60. The van der Waals surface area contributed by atoms with E-state index in [-0.39, 0.29) is 53.5 Å². The minimum atomic E-state index is -0.791. The van der Waals surface area contributed by atoms with Crippen molar-refractivity contribution in [3.8, 4) is 11.5 Å². The van der Waals surface area contributed by atoms with Gasteiger partial charge >= 0.3 is 0 Å². The number of rotatable bonds is 6. The number of imide groups is 1. The van der Waals surface area contributed by atoms with Crippen molar-refractivity contribution in [2.75, 3.05) is 12.4 Å². The van der Waals surface area contributed by atoms with Crippen LogP contribution in [0.3, 0.4) is 0 Å². The van der Waals surface area contributed by atoms with Crippen LogP contribution in [0, 0.1) is 23.7 Å². The zero-order valence-corrected chi connectivity index (χ0v) is 17.5. The lowest BCUT2D eigenvalue weighted by Gasteiger charge is -2.28. The average molecular weight is 433 g/mol. The second kappa shape index (κ2) is 7.78. The first-order valence-corrected chi connectivity index (χ1v) is 10.6. The molecule has 2 heterocycles. The maximum Gasteiger partial charge on any atom is 0.234 e. The lowest BCUT2D eigenvalue weighted by atomic mass is 9.85. The second-order valence-electron chi connectivity index (χ2n) is 8.46. The molecule has 5 atom stereocenters. The van der Waals surface area contributed by atoms with Gasteiger partial charge in [-0.2, -0.15) is 0 Å². The van der Waals surface area contributed by atoms with Gasteiger partial charge in [0, 0.05) is 6.20 Å². The summed E-state index contributed by atoms with van der Waals surface area (Å²) in [5.74, 6) is -1.03. The first kappa shape index (κ1) is 20.2. The number of methoxy groups -OCH3 is 1. The van der Waals surface area contributed by atoms with Crippen molar-refractivity contribution in [1.29, 1.82) is 0 Å². The zero-order chi connectivity index (χ0) is 22.4. The molecule has 2 fully saturated rings. The summed E-state index contributed by atoms with van der Waals surface area (Å²) in [6.07, 6.45) is 6.20. The smallest absolute Gasteiger partial charge is 0.234 e. The Bertz CT molecular complexity index is 1100. The number of fused-ring (bicyclic) bond motifs is 5. The number of nitrogens with one attached hydrogen (secondary N) is 1. The third-order valence-electron chi connectivity index (χ3n) is 6.72. The molecule has 5 unspecified atom stereocenters. The molecule has 2 N–H and O–H groups in total. The standard InChI is InChI=1S/C24H23N3O5/c1-32-16-5-2-4-13(11-16)17(12-19(29)26-22-18(28)6-3-9-25-22)27-23(30)20-14-7-8-15(10-14)21(20)24(27)31/h2-9,11,14-15,17,20-21,28H,10,12H2,1H3,(H,25,26,29). The molecule has 2 bridgehead atoms. The minimum Gasteiger partial charge on any atom is -0.504 e. The Kier molecular flexibility index (Phi) is 4.92. The van der Waals surface area contributed by atoms with Crippen molar-refractivity contribution in [3.63, 3.8) is 0 Å². The molecule has 1 saturated carbocycles. The average Bonchev–Trinajstić information content (AvgIpc) is 3.48. The van der Waals surface area contributed by atoms with Gasteiger partial charge in [-0.25, -0.2) is 4.98 Å². The van der Waals surface area contributed by atoms with Crippen molar-refractivity contribution in [2.45, 2.75) is 18.9 Å². The molecule has 3 amide bonds. The maximum absolute atomic E-state index is 13.4. The molecule has 8 nitrogen and oxygen atoms in total. The Balaban J connectivity index is 1.46. The Morgan fingerprint density at radius 3 is 2.56 bits per heavy atom. The summed E-state index contributed by atoms with van der Waals surface area (Å²) in [6.45, 7) is 0. The van der Waals surface area contributed by atoms with Crippen molar-refractivity contribution < 1.29 is 24.2 Å². The number of nitrogens with zero attached hydrogens (tertiary/aromatic N) is 2. The number of carbonyl (C=O) groups excluding carboxylic acids is 3. The fraction of sp³-hybridized carbons (Fsp3) is 0.333.